The molecule has 29 heavy (non-hydrogen) atoms. The lowest BCUT2D eigenvalue weighted by molar-refractivity contribution is -0.272. The lowest BCUT2D eigenvalue weighted by Gasteiger charge is -2.35. The molecule has 2 heterocycles. The van der Waals surface area contributed by atoms with Gasteiger partial charge in [-0.15, -0.1) is 0 Å². The summed E-state index contributed by atoms with van der Waals surface area (Å²) in [6.45, 7) is 6.13. The average Bonchev–Trinajstić information content (AvgIpc) is 3.08. The zero-order chi connectivity index (χ0) is 21.0. The van der Waals surface area contributed by atoms with E-state index < -0.39 is 11.8 Å². The molecule has 1 saturated heterocycles. The number of methoxy groups -OCH3 is 1. The molecule has 1 fully saturated rings. The highest BCUT2D eigenvalue weighted by molar-refractivity contribution is 5.77. The molecule has 0 aliphatic carbocycles. The zero-order valence-electron chi connectivity index (χ0n) is 17.4. The standard InChI is InChI=1S/C22H28FNO5/c1-14-9-10-17(11-18(14)23)20-24-19(15(2)29-20)8-6-5-7-16-12-27-22(3,28-13-16)21(25)26-4/h9-11,16H,5-8,12-13H2,1-4H3. The Labute approximate surface area is 170 Å². The lowest BCUT2D eigenvalue weighted by Crippen LogP contribution is -2.48. The fraction of sp³-hybridized carbons (Fsp3) is 0.545. The minimum atomic E-state index is -1.30. The molecule has 0 atom stereocenters. The largest absolute Gasteiger partial charge is 0.465 e. The second-order valence-corrected chi connectivity index (χ2v) is 7.66. The minimum Gasteiger partial charge on any atom is -0.465 e. The number of hydrogen-bond donors (Lipinski definition) is 0. The first-order valence-corrected chi connectivity index (χ1v) is 9.91. The molecular formula is C22H28FNO5. The van der Waals surface area contributed by atoms with E-state index in [4.69, 9.17) is 18.6 Å². The molecule has 2 aromatic rings. The highest BCUT2D eigenvalue weighted by Crippen LogP contribution is 2.27. The summed E-state index contributed by atoms with van der Waals surface area (Å²) in [5.74, 6) is -0.611. The van der Waals surface area contributed by atoms with Crippen LogP contribution < -0.4 is 0 Å². The van der Waals surface area contributed by atoms with Gasteiger partial charge in [-0.3, -0.25) is 0 Å². The number of oxazole rings is 1. The number of halogens is 1. The van der Waals surface area contributed by atoms with Crippen LogP contribution >= 0.6 is 0 Å². The molecule has 0 unspecified atom stereocenters. The van der Waals surface area contributed by atoms with Crippen molar-refractivity contribution in [2.24, 2.45) is 5.92 Å². The van der Waals surface area contributed by atoms with Gasteiger partial charge in [-0.05, 0) is 50.8 Å². The average molecular weight is 405 g/mol. The Bertz CT molecular complexity index is 855. The Morgan fingerprint density at radius 2 is 2.00 bits per heavy atom. The van der Waals surface area contributed by atoms with Crippen LogP contribution in [0.2, 0.25) is 0 Å². The Morgan fingerprint density at radius 1 is 1.28 bits per heavy atom. The Morgan fingerprint density at radius 3 is 2.66 bits per heavy atom. The second kappa shape index (κ2) is 9.05. The number of hydrogen-bond acceptors (Lipinski definition) is 6. The van der Waals surface area contributed by atoms with E-state index >= 15 is 0 Å². The van der Waals surface area contributed by atoms with Crippen LogP contribution in [-0.2, 0) is 25.4 Å². The maximum atomic E-state index is 13.8. The number of esters is 1. The van der Waals surface area contributed by atoms with E-state index in [-0.39, 0.29) is 11.7 Å². The summed E-state index contributed by atoms with van der Waals surface area (Å²) >= 11 is 0. The molecule has 1 aliphatic rings. The summed E-state index contributed by atoms with van der Waals surface area (Å²) in [6.07, 6.45) is 3.65. The van der Waals surface area contributed by atoms with Crippen molar-refractivity contribution in [2.75, 3.05) is 20.3 Å². The number of benzene rings is 1. The first kappa shape index (κ1) is 21.5. The predicted octanol–water partition coefficient (Wildman–Crippen LogP) is 4.36. The zero-order valence-corrected chi connectivity index (χ0v) is 17.4. The van der Waals surface area contributed by atoms with Crippen molar-refractivity contribution in [3.05, 3.63) is 41.0 Å². The van der Waals surface area contributed by atoms with E-state index in [2.05, 4.69) is 4.98 Å². The van der Waals surface area contributed by atoms with E-state index in [1.54, 1.807) is 19.9 Å². The number of rotatable bonds is 7. The second-order valence-electron chi connectivity index (χ2n) is 7.66. The lowest BCUT2D eigenvalue weighted by atomic mass is 10.0. The summed E-state index contributed by atoms with van der Waals surface area (Å²) < 4.78 is 35.4. The first-order chi connectivity index (χ1) is 13.8. The molecule has 1 aliphatic heterocycles. The number of aryl methyl sites for hydroxylation is 3. The number of unbranched alkanes of at least 4 members (excludes halogenated alkanes) is 1. The summed E-state index contributed by atoms with van der Waals surface area (Å²) in [4.78, 5) is 16.2. The third-order valence-electron chi connectivity index (χ3n) is 5.33. The van der Waals surface area contributed by atoms with Gasteiger partial charge >= 0.3 is 5.97 Å². The molecule has 1 aromatic carbocycles. The number of carbonyl (C=O) groups excluding carboxylic acids is 1. The van der Waals surface area contributed by atoms with Gasteiger partial charge in [0.05, 0.1) is 26.0 Å². The third kappa shape index (κ3) is 5.03. The van der Waals surface area contributed by atoms with Crippen LogP contribution in [0.3, 0.4) is 0 Å². The van der Waals surface area contributed by atoms with Crippen LogP contribution in [-0.4, -0.2) is 37.1 Å². The van der Waals surface area contributed by atoms with E-state index in [1.807, 2.05) is 13.0 Å². The van der Waals surface area contributed by atoms with Crippen LogP contribution in [0.15, 0.2) is 22.6 Å². The number of aromatic nitrogens is 1. The van der Waals surface area contributed by atoms with Gasteiger partial charge < -0.3 is 18.6 Å². The van der Waals surface area contributed by atoms with Gasteiger partial charge in [0.2, 0.25) is 5.89 Å². The normalized spacial score (nSPS) is 21.9. The van der Waals surface area contributed by atoms with Crippen LogP contribution in [0, 0.1) is 25.6 Å². The van der Waals surface area contributed by atoms with Crippen molar-refractivity contribution in [1.82, 2.24) is 4.98 Å². The smallest absolute Gasteiger partial charge is 0.366 e. The summed E-state index contributed by atoms with van der Waals surface area (Å²) in [5.41, 5.74) is 2.14. The summed E-state index contributed by atoms with van der Waals surface area (Å²) in [5, 5.41) is 0. The van der Waals surface area contributed by atoms with Gasteiger partial charge in [0.15, 0.2) is 0 Å². The molecule has 158 valence electrons. The maximum absolute atomic E-state index is 13.8. The highest BCUT2D eigenvalue weighted by Gasteiger charge is 2.41. The van der Waals surface area contributed by atoms with Crippen LogP contribution in [0.5, 0.6) is 0 Å². The van der Waals surface area contributed by atoms with Crippen LogP contribution in [0.25, 0.3) is 11.5 Å². The van der Waals surface area contributed by atoms with Crippen molar-refractivity contribution in [1.29, 1.82) is 0 Å². The van der Waals surface area contributed by atoms with E-state index in [0.29, 0.717) is 30.2 Å². The minimum absolute atomic E-state index is 0.247. The molecule has 6 nitrogen and oxygen atoms in total. The summed E-state index contributed by atoms with van der Waals surface area (Å²) in [7, 11) is 1.32. The molecule has 0 saturated carbocycles. The monoisotopic (exact) mass is 405 g/mol. The van der Waals surface area contributed by atoms with Gasteiger partial charge in [-0.2, -0.15) is 0 Å². The molecule has 1 aromatic heterocycles. The van der Waals surface area contributed by atoms with Crippen molar-refractivity contribution in [2.45, 2.75) is 52.2 Å². The quantitative estimate of drug-likeness (QED) is 0.503. The Kier molecular flexibility index (Phi) is 6.70. The highest BCUT2D eigenvalue weighted by atomic mass is 19.1. The van der Waals surface area contributed by atoms with Crippen LogP contribution in [0.1, 0.15) is 43.2 Å². The SMILES string of the molecule is COC(=O)C1(C)OCC(CCCCc2nc(-c3ccc(C)c(F)c3)oc2C)CO1. The van der Waals surface area contributed by atoms with Crippen molar-refractivity contribution in [3.63, 3.8) is 0 Å². The fourth-order valence-electron chi connectivity index (χ4n) is 3.35. The molecule has 0 spiro atoms. The van der Waals surface area contributed by atoms with Crippen molar-refractivity contribution < 1.29 is 27.8 Å². The number of nitrogens with zero attached hydrogens (tertiary/aromatic N) is 1. The summed E-state index contributed by atoms with van der Waals surface area (Å²) in [6, 6.07) is 5.00. The molecule has 7 heteroatoms. The van der Waals surface area contributed by atoms with E-state index in [0.717, 1.165) is 37.1 Å². The Balaban J connectivity index is 1.46. The van der Waals surface area contributed by atoms with Gasteiger partial charge in [0.25, 0.3) is 5.79 Å². The van der Waals surface area contributed by atoms with Gasteiger partial charge in [-0.25, -0.2) is 14.2 Å². The van der Waals surface area contributed by atoms with E-state index in [9.17, 15) is 9.18 Å². The first-order valence-electron chi connectivity index (χ1n) is 9.91. The molecule has 0 bridgehead atoms. The number of carbonyl (C=O) groups is 1. The Hall–Kier alpha value is -2.25. The molecular weight excluding hydrogens is 377 g/mol. The fourth-order valence-corrected chi connectivity index (χ4v) is 3.35. The van der Waals surface area contributed by atoms with Gasteiger partial charge in [0.1, 0.15) is 11.6 Å². The van der Waals surface area contributed by atoms with Crippen LogP contribution in [0.4, 0.5) is 4.39 Å². The predicted molar refractivity (Wildman–Crippen MR) is 105 cm³/mol. The van der Waals surface area contributed by atoms with E-state index in [1.165, 1.54) is 13.2 Å². The van der Waals surface area contributed by atoms with Crippen molar-refractivity contribution >= 4 is 5.97 Å². The van der Waals surface area contributed by atoms with Crippen molar-refractivity contribution in [3.8, 4) is 11.5 Å². The third-order valence-corrected chi connectivity index (χ3v) is 5.33. The molecule has 0 radical (unpaired) electrons. The van der Waals surface area contributed by atoms with Gasteiger partial charge in [-0.1, -0.05) is 12.5 Å². The topological polar surface area (TPSA) is 70.8 Å². The molecule has 0 amide bonds. The maximum Gasteiger partial charge on any atom is 0.366 e. The molecule has 0 N–H and O–H groups in total. The number of ether oxygens (including phenoxy) is 3. The van der Waals surface area contributed by atoms with Gasteiger partial charge in [0, 0.05) is 18.4 Å². The molecule has 3 rings (SSSR count).